The van der Waals surface area contributed by atoms with Crippen LogP contribution in [0.2, 0.25) is 5.02 Å². The molecule has 0 spiro atoms. The molecule has 2 aliphatic rings. The molecule has 0 bridgehead atoms. The van der Waals surface area contributed by atoms with Gasteiger partial charge in [-0.2, -0.15) is 0 Å². The van der Waals surface area contributed by atoms with Crippen LogP contribution in [0.4, 0.5) is 17.1 Å². The number of hydrogen-bond acceptors (Lipinski definition) is 2. The number of rotatable bonds is 0. The van der Waals surface area contributed by atoms with Gasteiger partial charge in [0.05, 0.1) is 17.1 Å². The van der Waals surface area contributed by atoms with E-state index < -0.39 is 0 Å². The van der Waals surface area contributed by atoms with E-state index in [0.29, 0.717) is 0 Å². The summed E-state index contributed by atoms with van der Waals surface area (Å²) >= 11 is 6.35. The number of anilines is 3. The lowest BCUT2D eigenvalue weighted by Crippen LogP contribution is -2.32. The molecule has 0 N–H and O–H groups in total. The van der Waals surface area contributed by atoms with E-state index in [4.69, 9.17) is 16.3 Å². The lowest BCUT2D eigenvalue weighted by Gasteiger charge is -2.44. The first-order valence-corrected chi connectivity index (χ1v) is 8.46. The second-order valence-corrected chi connectivity index (χ2v) is 7.28. The minimum atomic E-state index is -0.114. The molecule has 2 heterocycles. The van der Waals surface area contributed by atoms with Crippen molar-refractivity contribution in [2.75, 3.05) is 4.90 Å². The third-order valence-electron chi connectivity index (χ3n) is 5.10. The molecule has 3 aromatic rings. The molecule has 118 valence electrons. The van der Waals surface area contributed by atoms with Crippen LogP contribution in [0.1, 0.15) is 25.0 Å². The van der Waals surface area contributed by atoms with Crippen LogP contribution in [0.25, 0.3) is 0 Å². The molecular formula is C21H16ClNO. The fourth-order valence-corrected chi connectivity index (χ4v) is 4.09. The van der Waals surface area contributed by atoms with Crippen LogP contribution in [0.5, 0.6) is 11.5 Å². The largest absolute Gasteiger partial charge is 0.453 e. The zero-order valence-electron chi connectivity index (χ0n) is 13.5. The topological polar surface area (TPSA) is 12.5 Å². The van der Waals surface area contributed by atoms with E-state index in [1.807, 2.05) is 30.3 Å². The van der Waals surface area contributed by atoms with E-state index in [0.717, 1.165) is 33.6 Å². The molecule has 3 heteroatoms. The highest BCUT2D eigenvalue weighted by atomic mass is 35.5. The molecule has 0 aromatic heterocycles. The van der Waals surface area contributed by atoms with Gasteiger partial charge in [0, 0.05) is 10.4 Å². The number of halogens is 1. The van der Waals surface area contributed by atoms with Crippen molar-refractivity contribution in [2.45, 2.75) is 19.3 Å². The number of ether oxygens (including phenoxy) is 1. The molecular weight excluding hydrogens is 318 g/mol. The van der Waals surface area contributed by atoms with E-state index in [1.165, 1.54) is 11.1 Å². The third kappa shape index (κ3) is 1.67. The van der Waals surface area contributed by atoms with Gasteiger partial charge in [-0.05, 0) is 41.5 Å². The van der Waals surface area contributed by atoms with E-state index in [1.54, 1.807) is 0 Å². The first-order chi connectivity index (χ1) is 11.6. The summed E-state index contributed by atoms with van der Waals surface area (Å²) in [6.07, 6.45) is 0. The first-order valence-electron chi connectivity index (χ1n) is 8.08. The molecule has 0 saturated heterocycles. The van der Waals surface area contributed by atoms with Gasteiger partial charge in [0.25, 0.3) is 0 Å². The Labute approximate surface area is 146 Å². The zero-order valence-corrected chi connectivity index (χ0v) is 14.3. The van der Waals surface area contributed by atoms with Gasteiger partial charge in [0.15, 0.2) is 11.5 Å². The second kappa shape index (κ2) is 4.55. The normalized spacial score (nSPS) is 15.9. The van der Waals surface area contributed by atoms with Crippen LogP contribution >= 0.6 is 11.6 Å². The Hall–Kier alpha value is -2.45. The summed E-state index contributed by atoms with van der Waals surface area (Å²) in [6.45, 7) is 4.51. The summed E-state index contributed by atoms with van der Waals surface area (Å²) in [6, 6.07) is 20.6. The molecule has 0 aliphatic carbocycles. The van der Waals surface area contributed by atoms with E-state index in [-0.39, 0.29) is 5.41 Å². The van der Waals surface area contributed by atoms with Gasteiger partial charge in [-0.25, -0.2) is 0 Å². The summed E-state index contributed by atoms with van der Waals surface area (Å²) in [5, 5.41) is 0.745. The highest BCUT2D eigenvalue weighted by molar-refractivity contribution is 6.31. The molecule has 3 aromatic carbocycles. The Kier molecular flexibility index (Phi) is 2.64. The molecule has 24 heavy (non-hydrogen) atoms. The predicted octanol–water partition coefficient (Wildman–Crippen LogP) is 6.55. The van der Waals surface area contributed by atoms with Crippen LogP contribution in [0.15, 0.2) is 60.7 Å². The van der Waals surface area contributed by atoms with Crippen molar-refractivity contribution in [3.63, 3.8) is 0 Å². The van der Waals surface area contributed by atoms with Gasteiger partial charge in [-0.3, -0.25) is 0 Å². The van der Waals surface area contributed by atoms with E-state index >= 15 is 0 Å². The van der Waals surface area contributed by atoms with Crippen molar-refractivity contribution in [3.8, 4) is 11.5 Å². The van der Waals surface area contributed by atoms with Crippen LogP contribution in [0, 0.1) is 0 Å². The fraction of sp³-hybridized carbons (Fsp3) is 0.143. The van der Waals surface area contributed by atoms with Gasteiger partial charge < -0.3 is 9.64 Å². The number of fused-ring (bicyclic) bond motifs is 4. The minimum absolute atomic E-state index is 0.114. The smallest absolute Gasteiger partial charge is 0.151 e. The maximum Gasteiger partial charge on any atom is 0.151 e. The summed E-state index contributed by atoms with van der Waals surface area (Å²) in [4.78, 5) is 2.29. The van der Waals surface area contributed by atoms with Gasteiger partial charge >= 0.3 is 0 Å². The molecule has 0 saturated carbocycles. The number of nitrogens with zero attached hydrogens (tertiary/aromatic N) is 1. The monoisotopic (exact) mass is 333 g/mol. The van der Waals surface area contributed by atoms with Crippen LogP contribution in [-0.2, 0) is 5.41 Å². The average molecular weight is 334 g/mol. The maximum absolute atomic E-state index is 6.35. The van der Waals surface area contributed by atoms with Crippen LogP contribution in [-0.4, -0.2) is 0 Å². The standard InChI is InChI=1S/C21H16ClNO/c1-21(2)14-11-10-13(22)12-17(14)23-16-7-3-4-8-18(16)24-19-9-5-6-15(21)20(19)23/h3-12H,1-2H3. The molecule has 0 radical (unpaired) electrons. The molecule has 2 aliphatic heterocycles. The summed E-state index contributed by atoms with van der Waals surface area (Å²) in [7, 11) is 0. The van der Waals surface area contributed by atoms with Gasteiger partial charge in [-0.1, -0.05) is 55.8 Å². The van der Waals surface area contributed by atoms with Gasteiger partial charge in [0.2, 0.25) is 0 Å². The fourth-order valence-electron chi connectivity index (χ4n) is 3.92. The van der Waals surface area contributed by atoms with Crippen molar-refractivity contribution in [3.05, 3.63) is 76.8 Å². The Morgan fingerprint density at radius 1 is 0.833 bits per heavy atom. The van der Waals surface area contributed by atoms with E-state index in [9.17, 15) is 0 Å². The molecule has 0 fully saturated rings. The second-order valence-electron chi connectivity index (χ2n) is 6.84. The summed E-state index contributed by atoms with van der Waals surface area (Å²) in [5.74, 6) is 1.76. The number of para-hydroxylation sites is 3. The van der Waals surface area contributed by atoms with Crippen molar-refractivity contribution >= 4 is 28.7 Å². The lowest BCUT2D eigenvalue weighted by atomic mass is 9.73. The number of benzene rings is 3. The molecule has 0 amide bonds. The van der Waals surface area contributed by atoms with Crippen LogP contribution < -0.4 is 9.64 Å². The highest BCUT2D eigenvalue weighted by Gasteiger charge is 2.41. The van der Waals surface area contributed by atoms with Crippen molar-refractivity contribution in [1.29, 1.82) is 0 Å². The predicted molar refractivity (Wildman–Crippen MR) is 98.3 cm³/mol. The van der Waals surface area contributed by atoms with Crippen molar-refractivity contribution < 1.29 is 4.74 Å². The lowest BCUT2D eigenvalue weighted by molar-refractivity contribution is 0.471. The number of hydrogen-bond donors (Lipinski definition) is 0. The van der Waals surface area contributed by atoms with Crippen LogP contribution in [0.3, 0.4) is 0 Å². The van der Waals surface area contributed by atoms with E-state index in [2.05, 4.69) is 49.1 Å². The molecule has 0 unspecified atom stereocenters. The summed E-state index contributed by atoms with van der Waals surface area (Å²) in [5.41, 5.74) is 5.73. The summed E-state index contributed by atoms with van der Waals surface area (Å²) < 4.78 is 6.19. The van der Waals surface area contributed by atoms with Crippen molar-refractivity contribution in [2.24, 2.45) is 0 Å². The molecule has 0 atom stereocenters. The average Bonchev–Trinajstić information content (AvgIpc) is 2.58. The highest BCUT2D eigenvalue weighted by Crippen LogP contribution is 2.59. The SMILES string of the molecule is CC1(C)c2ccc(Cl)cc2N2c3ccccc3Oc3cccc1c32. The molecule has 2 nitrogen and oxygen atoms in total. The first kappa shape index (κ1) is 13.9. The van der Waals surface area contributed by atoms with Gasteiger partial charge in [-0.15, -0.1) is 0 Å². The zero-order chi connectivity index (χ0) is 16.5. The Morgan fingerprint density at radius 2 is 1.62 bits per heavy atom. The Balaban J connectivity index is 1.92. The Morgan fingerprint density at radius 3 is 2.50 bits per heavy atom. The quantitative estimate of drug-likeness (QED) is 0.361. The maximum atomic E-state index is 6.35. The third-order valence-corrected chi connectivity index (χ3v) is 5.33. The van der Waals surface area contributed by atoms with Crippen molar-refractivity contribution in [1.82, 2.24) is 0 Å². The van der Waals surface area contributed by atoms with Gasteiger partial charge in [0.1, 0.15) is 0 Å². The Bertz CT molecular complexity index is 993. The minimum Gasteiger partial charge on any atom is -0.453 e. The molecule has 5 rings (SSSR count).